The van der Waals surface area contributed by atoms with Gasteiger partial charge >= 0.3 is 19.8 Å². The van der Waals surface area contributed by atoms with E-state index in [1.807, 2.05) is 0 Å². The molecule has 0 bridgehead atoms. The Bertz CT molecular complexity index is 1070. The molecule has 0 rings (SSSR count). The maximum absolute atomic E-state index is 12.7. The molecule has 0 aromatic carbocycles. The number of unbranched alkanes of at least 4 members (excludes halogenated alkanes) is 39. The van der Waals surface area contributed by atoms with Gasteiger partial charge in [0.25, 0.3) is 0 Å². The first kappa shape index (κ1) is 63.8. The minimum Gasteiger partial charge on any atom is -0.462 e. The number of allylic oxidation sites excluding steroid dienone is 2. The third-order valence-electron chi connectivity index (χ3n) is 12.7. The van der Waals surface area contributed by atoms with Gasteiger partial charge in [-0.15, -0.1) is 0 Å². The Morgan fingerprint density at radius 1 is 0.446 bits per heavy atom. The highest BCUT2D eigenvalue weighted by molar-refractivity contribution is 7.47. The quantitative estimate of drug-likeness (QED) is 0.0264. The van der Waals surface area contributed by atoms with Crippen LogP contribution in [0.4, 0.5) is 0 Å². The number of rotatable bonds is 54. The largest absolute Gasteiger partial charge is 0.472 e. The van der Waals surface area contributed by atoms with Gasteiger partial charge in [0.05, 0.1) is 13.2 Å². The molecular weight excluding hydrogens is 834 g/mol. The van der Waals surface area contributed by atoms with E-state index >= 15 is 0 Å². The molecule has 65 heavy (non-hydrogen) atoms. The van der Waals surface area contributed by atoms with Crippen molar-refractivity contribution in [2.75, 3.05) is 26.4 Å². The first-order chi connectivity index (χ1) is 31.8. The molecule has 0 saturated carbocycles. The number of esters is 2. The van der Waals surface area contributed by atoms with Gasteiger partial charge in [-0.25, -0.2) is 4.57 Å². The zero-order chi connectivity index (χ0) is 47.4. The van der Waals surface area contributed by atoms with Crippen molar-refractivity contribution in [3.8, 4) is 0 Å². The molecule has 0 spiro atoms. The average Bonchev–Trinajstić information content (AvgIpc) is 3.30. The van der Waals surface area contributed by atoms with Crippen LogP contribution in [0.2, 0.25) is 0 Å². The van der Waals surface area contributed by atoms with Gasteiger partial charge in [0.1, 0.15) is 6.61 Å². The summed E-state index contributed by atoms with van der Waals surface area (Å²) in [5.74, 6) is -0.845. The first-order valence-electron chi connectivity index (χ1n) is 28.2. The number of phosphoric ester groups is 1. The Kier molecular flexibility index (Phi) is 51.1. The Labute approximate surface area is 402 Å². The smallest absolute Gasteiger partial charge is 0.462 e. The van der Waals surface area contributed by atoms with Crippen LogP contribution in [-0.2, 0) is 32.7 Å². The Balaban J connectivity index is 3.97. The van der Waals surface area contributed by atoms with Crippen molar-refractivity contribution in [3.05, 3.63) is 12.2 Å². The van der Waals surface area contributed by atoms with Crippen molar-refractivity contribution < 1.29 is 37.6 Å². The summed E-state index contributed by atoms with van der Waals surface area (Å²) in [6, 6.07) is 0. The fraction of sp³-hybridized carbons (Fsp3) is 0.927. The number of nitrogens with two attached hydrogens (primary N) is 1. The molecule has 0 heterocycles. The fourth-order valence-corrected chi connectivity index (χ4v) is 9.23. The molecule has 0 saturated heterocycles. The van der Waals surface area contributed by atoms with Crippen molar-refractivity contribution in [2.24, 2.45) is 5.73 Å². The highest BCUT2D eigenvalue weighted by Gasteiger charge is 2.26. The normalized spacial score (nSPS) is 13.1. The maximum atomic E-state index is 12.7. The monoisotopic (exact) mass is 942 g/mol. The van der Waals surface area contributed by atoms with Crippen molar-refractivity contribution in [1.29, 1.82) is 0 Å². The van der Waals surface area contributed by atoms with E-state index in [1.165, 1.54) is 231 Å². The van der Waals surface area contributed by atoms with Crippen LogP contribution in [0.1, 0.15) is 296 Å². The number of ether oxygens (including phenoxy) is 2. The van der Waals surface area contributed by atoms with Gasteiger partial charge in [-0.1, -0.05) is 264 Å². The van der Waals surface area contributed by atoms with Crippen LogP contribution in [0.15, 0.2) is 12.2 Å². The lowest BCUT2D eigenvalue weighted by Crippen LogP contribution is -2.29. The molecule has 2 atom stereocenters. The minimum absolute atomic E-state index is 0.0538. The zero-order valence-electron chi connectivity index (χ0n) is 43.0. The molecule has 3 N–H and O–H groups in total. The van der Waals surface area contributed by atoms with E-state index in [4.69, 9.17) is 24.3 Å². The van der Waals surface area contributed by atoms with Crippen molar-refractivity contribution in [3.63, 3.8) is 0 Å². The van der Waals surface area contributed by atoms with Crippen molar-refractivity contribution in [2.45, 2.75) is 302 Å². The van der Waals surface area contributed by atoms with Crippen LogP contribution in [0, 0.1) is 0 Å². The summed E-state index contributed by atoms with van der Waals surface area (Å²) < 4.78 is 33.0. The lowest BCUT2D eigenvalue weighted by molar-refractivity contribution is -0.161. The lowest BCUT2D eigenvalue weighted by atomic mass is 10.0. The van der Waals surface area contributed by atoms with E-state index in [-0.39, 0.29) is 32.6 Å². The second-order valence-corrected chi connectivity index (χ2v) is 20.6. The Morgan fingerprint density at radius 3 is 1.14 bits per heavy atom. The highest BCUT2D eigenvalue weighted by Crippen LogP contribution is 2.43. The van der Waals surface area contributed by atoms with Crippen LogP contribution in [-0.4, -0.2) is 49.3 Å². The molecule has 0 fully saturated rings. The molecule has 0 aliphatic carbocycles. The number of carbonyl (C=O) groups is 2. The minimum atomic E-state index is -4.39. The van der Waals surface area contributed by atoms with Crippen LogP contribution in [0.25, 0.3) is 0 Å². The molecule has 0 aliphatic heterocycles. The van der Waals surface area contributed by atoms with E-state index in [0.717, 1.165) is 25.7 Å². The molecule has 0 aromatic heterocycles. The van der Waals surface area contributed by atoms with Gasteiger partial charge in [-0.3, -0.25) is 18.6 Å². The van der Waals surface area contributed by atoms with E-state index < -0.39 is 32.5 Å². The van der Waals surface area contributed by atoms with Crippen LogP contribution < -0.4 is 5.73 Å². The number of phosphoric acid groups is 1. The SMILES string of the molecule is CCCCCCCCCCCCCCCCCCCC/C=C/CCCC(=O)OC[C@H](COP(=O)(O)OCCN)OC(=O)CCCCCCCCCCCCCCCCCCCCCCC. The predicted octanol–water partition coefficient (Wildman–Crippen LogP) is 17.3. The summed E-state index contributed by atoms with van der Waals surface area (Å²) in [5.41, 5.74) is 5.38. The van der Waals surface area contributed by atoms with Gasteiger partial charge in [0, 0.05) is 19.4 Å². The van der Waals surface area contributed by atoms with E-state index in [9.17, 15) is 19.0 Å². The second kappa shape index (κ2) is 52.1. The van der Waals surface area contributed by atoms with Gasteiger partial charge in [-0.2, -0.15) is 0 Å². The molecule has 0 amide bonds. The summed E-state index contributed by atoms with van der Waals surface area (Å²) in [6.07, 6.45) is 58.5. The second-order valence-electron chi connectivity index (χ2n) is 19.2. The van der Waals surface area contributed by atoms with Crippen LogP contribution in [0.3, 0.4) is 0 Å². The Morgan fingerprint density at radius 2 is 0.769 bits per heavy atom. The number of carbonyl (C=O) groups excluding carboxylic acids is 2. The third-order valence-corrected chi connectivity index (χ3v) is 13.6. The zero-order valence-corrected chi connectivity index (χ0v) is 43.9. The van der Waals surface area contributed by atoms with Crippen molar-refractivity contribution >= 4 is 19.8 Å². The first-order valence-corrected chi connectivity index (χ1v) is 29.7. The molecule has 386 valence electrons. The van der Waals surface area contributed by atoms with Gasteiger partial charge < -0.3 is 20.1 Å². The molecule has 9 nitrogen and oxygen atoms in total. The lowest BCUT2D eigenvalue weighted by Gasteiger charge is -2.19. The fourth-order valence-electron chi connectivity index (χ4n) is 8.47. The highest BCUT2D eigenvalue weighted by atomic mass is 31.2. The van der Waals surface area contributed by atoms with Gasteiger partial charge in [0.15, 0.2) is 6.10 Å². The molecule has 0 aliphatic rings. The predicted molar refractivity (Wildman–Crippen MR) is 275 cm³/mol. The standard InChI is InChI=1S/C55H108NO8P/c1-3-5-7-9-11-13-15-17-19-21-23-25-26-28-29-31-33-35-37-39-41-43-45-47-54(57)61-51-53(52-63-65(59,60)62-50-49-56)64-55(58)48-46-44-42-40-38-36-34-32-30-27-24-22-20-18-16-14-12-10-8-6-4-2/h39,41,53H,3-38,40,42-52,56H2,1-2H3,(H,59,60)/b41-39+/t53-/m1/s1. The summed E-state index contributed by atoms with van der Waals surface area (Å²) >= 11 is 0. The topological polar surface area (TPSA) is 134 Å². The van der Waals surface area contributed by atoms with E-state index in [0.29, 0.717) is 12.8 Å². The number of hydrogen-bond acceptors (Lipinski definition) is 8. The molecule has 0 aromatic rings. The maximum Gasteiger partial charge on any atom is 0.472 e. The molecule has 10 heteroatoms. The third kappa shape index (κ3) is 52.0. The van der Waals surface area contributed by atoms with Gasteiger partial charge in [0.2, 0.25) is 0 Å². The van der Waals surface area contributed by atoms with E-state index in [2.05, 4.69) is 26.0 Å². The molecule has 0 radical (unpaired) electrons. The Hall–Kier alpha value is -1.25. The number of hydrogen-bond donors (Lipinski definition) is 2. The summed E-state index contributed by atoms with van der Waals surface area (Å²) in [6.45, 7) is 3.78. The average molecular weight is 942 g/mol. The van der Waals surface area contributed by atoms with Crippen molar-refractivity contribution in [1.82, 2.24) is 0 Å². The van der Waals surface area contributed by atoms with Crippen LogP contribution >= 0.6 is 7.82 Å². The summed E-state index contributed by atoms with van der Waals surface area (Å²) in [4.78, 5) is 35.1. The molecule has 1 unspecified atom stereocenters. The van der Waals surface area contributed by atoms with Gasteiger partial charge in [-0.05, 0) is 32.1 Å². The van der Waals surface area contributed by atoms with Crippen LogP contribution in [0.5, 0.6) is 0 Å². The summed E-state index contributed by atoms with van der Waals surface area (Å²) in [5, 5.41) is 0. The summed E-state index contributed by atoms with van der Waals surface area (Å²) in [7, 11) is -4.39. The molecular formula is C55H108NO8P. The van der Waals surface area contributed by atoms with E-state index in [1.54, 1.807) is 0 Å².